The van der Waals surface area contributed by atoms with Crippen molar-refractivity contribution in [2.24, 2.45) is 0 Å². The molecule has 19 heavy (non-hydrogen) atoms. The van der Waals surface area contributed by atoms with Crippen LogP contribution in [-0.4, -0.2) is 34.2 Å². The fourth-order valence-electron chi connectivity index (χ4n) is 2.18. The van der Waals surface area contributed by atoms with Gasteiger partial charge in [-0.15, -0.1) is 11.3 Å². The van der Waals surface area contributed by atoms with Gasteiger partial charge in [-0.05, 0) is 34.6 Å². The highest BCUT2D eigenvalue weighted by molar-refractivity contribution is 9.11. The summed E-state index contributed by atoms with van der Waals surface area (Å²) in [7, 11) is 0. The summed E-state index contributed by atoms with van der Waals surface area (Å²) in [4.78, 5) is 5.60. The number of thioether (sulfide) groups is 1. The summed E-state index contributed by atoms with van der Waals surface area (Å²) < 4.78 is 6.55. The molecule has 0 radical (unpaired) electrons. The highest BCUT2D eigenvalue weighted by Gasteiger charge is 2.33. The summed E-state index contributed by atoms with van der Waals surface area (Å²) in [5.74, 6) is 3.94. The van der Waals surface area contributed by atoms with Gasteiger partial charge >= 0.3 is 0 Å². The number of aromatic nitrogens is 2. The van der Waals surface area contributed by atoms with Crippen LogP contribution in [0.1, 0.15) is 18.7 Å². The predicted molar refractivity (Wildman–Crippen MR) is 82.8 cm³/mol. The van der Waals surface area contributed by atoms with E-state index in [0.29, 0.717) is 17.8 Å². The monoisotopic (exact) mass is 359 g/mol. The van der Waals surface area contributed by atoms with Crippen molar-refractivity contribution in [3.05, 3.63) is 21.8 Å². The largest absolute Gasteiger partial charge is 0.339 e. The second kappa shape index (κ2) is 5.95. The maximum atomic E-state index is 5.47. The number of nitrogens with zero attached hydrogens (tertiary/aromatic N) is 2. The second-order valence-corrected chi connectivity index (χ2v) is 7.91. The van der Waals surface area contributed by atoms with Crippen LogP contribution >= 0.6 is 39.0 Å². The van der Waals surface area contributed by atoms with Crippen LogP contribution < -0.4 is 5.32 Å². The van der Waals surface area contributed by atoms with E-state index in [1.54, 1.807) is 11.3 Å². The van der Waals surface area contributed by atoms with Crippen molar-refractivity contribution < 1.29 is 4.52 Å². The van der Waals surface area contributed by atoms with Crippen LogP contribution in [0, 0.1) is 0 Å². The molecule has 1 fully saturated rings. The molecule has 0 spiro atoms. The highest BCUT2D eigenvalue weighted by Crippen LogP contribution is 2.34. The summed E-state index contributed by atoms with van der Waals surface area (Å²) in [6.45, 7) is 3.10. The van der Waals surface area contributed by atoms with Crippen LogP contribution in [-0.2, 0) is 0 Å². The Balaban J connectivity index is 1.81. The van der Waals surface area contributed by atoms with E-state index in [9.17, 15) is 0 Å². The Hall–Kier alpha value is -0.370. The molecule has 1 N–H and O–H groups in total. The van der Waals surface area contributed by atoms with Crippen molar-refractivity contribution in [2.45, 2.75) is 18.9 Å². The lowest BCUT2D eigenvalue weighted by Gasteiger charge is -2.15. The first kappa shape index (κ1) is 13.6. The summed E-state index contributed by atoms with van der Waals surface area (Å²) in [5, 5.41) is 7.60. The smallest absolute Gasteiger partial charge is 0.232 e. The summed E-state index contributed by atoms with van der Waals surface area (Å²) in [6, 6.07) is 4.45. The molecule has 2 aromatic rings. The molecule has 2 unspecified atom stereocenters. The van der Waals surface area contributed by atoms with E-state index >= 15 is 0 Å². The minimum absolute atomic E-state index is 0.328. The number of rotatable bonds is 4. The van der Waals surface area contributed by atoms with Crippen LogP contribution in [0.3, 0.4) is 0 Å². The molecule has 4 nitrogen and oxygen atoms in total. The normalized spacial score (nSPS) is 23.1. The molecule has 0 aromatic carbocycles. The first-order valence-corrected chi connectivity index (χ1v) is 8.94. The number of nitrogens with one attached hydrogen (secondary N) is 1. The third-order valence-electron chi connectivity index (χ3n) is 3.10. The van der Waals surface area contributed by atoms with Crippen LogP contribution in [0.25, 0.3) is 10.7 Å². The molecule has 1 saturated heterocycles. The summed E-state index contributed by atoms with van der Waals surface area (Å²) >= 11 is 7.01. The molecule has 3 heterocycles. The van der Waals surface area contributed by atoms with Crippen LogP contribution in [0.5, 0.6) is 0 Å². The SMILES string of the molecule is CCNC1CSCC1c1nc(-c2ccc(Br)s2)no1. The van der Waals surface area contributed by atoms with Crippen molar-refractivity contribution in [3.8, 4) is 10.7 Å². The Morgan fingerprint density at radius 2 is 2.37 bits per heavy atom. The van der Waals surface area contributed by atoms with Gasteiger partial charge in [0.05, 0.1) is 14.6 Å². The predicted octanol–water partition coefficient (Wildman–Crippen LogP) is 3.37. The van der Waals surface area contributed by atoms with Gasteiger partial charge in [0, 0.05) is 17.5 Å². The zero-order valence-corrected chi connectivity index (χ0v) is 13.6. The van der Waals surface area contributed by atoms with Crippen LogP contribution in [0.4, 0.5) is 0 Å². The van der Waals surface area contributed by atoms with Gasteiger partial charge in [0.1, 0.15) is 0 Å². The first-order valence-electron chi connectivity index (χ1n) is 6.18. The number of hydrogen-bond acceptors (Lipinski definition) is 6. The van der Waals surface area contributed by atoms with E-state index in [4.69, 9.17) is 4.52 Å². The van der Waals surface area contributed by atoms with E-state index in [1.165, 1.54) is 0 Å². The molecule has 2 atom stereocenters. The maximum Gasteiger partial charge on any atom is 0.232 e. The number of halogens is 1. The average molecular weight is 360 g/mol. The van der Waals surface area contributed by atoms with Crippen LogP contribution in [0.2, 0.25) is 0 Å². The minimum Gasteiger partial charge on any atom is -0.339 e. The fourth-order valence-corrected chi connectivity index (χ4v) is 4.86. The molecule has 0 amide bonds. The van der Waals surface area contributed by atoms with Crippen molar-refractivity contribution in [1.29, 1.82) is 0 Å². The molecule has 102 valence electrons. The van der Waals surface area contributed by atoms with Crippen molar-refractivity contribution in [2.75, 3.05) is 18.1 Å². The van der Waals surface area contributed by atoms with Gasteiger partial charge in [0.2, 0.25) is 11.7 Å². The lowest BCUT2D eigenvalue weighted by atomic mass is 10.0. The molecule has 0 saturated carbocycles. The van der Waals surface area contributed by atoms with E-state index < -0.39 is 0 Å². The van der Waals surface area contributed by atoms with Gasteiger partial charge in [0.25, 0.3) is 0 Å². The van der Waals surface area contributed by atoms with Gasteiger partial charge in [-0.3, -0.25) is 0 Å². The van der Waals surface area contributed by atoms with Gasteiger partial charge in [0.15, 0.2) is 0 Å². The molecule has 0 bridgehead atoms. The van der Waals surface area contributed by atoms with Crippen molar-refractivity contribution in [3.63, 3.8) is 0 Å². The quantitative estimate of drug-likeness (QED) is 0.906. The molecule has 0 aliphatic carbocycles. The summed E-state index contributed by atoms with van der Waals surface area (Å²) in [5.41, 5.74) is 0. The number of likely N-dealkylation sites (N-methyl/N-ethyl adjacent to an activating group) is 1. The van der Waals surface area contributed by atoms with Gasteiger partial charge in [-0.2, -0.15) is 16.7 Å². The average Bonchev–Trinajstić information content (AvgIpc) is 3.07. The molecule has 3 rings (SSSR count). The van der Waals surface area contributed by atoms with Gasteiger partial charge < -0.3 is 9.84 Å². The zero-order chi connectivity index (χ0) is 13.2. The van der Waals surface area contributed by atoms with Crippen LogP contribution in [0.15, 0.2) is 20.4 Å². The van der Waals surface area contributed by atoms with E-state index in [0.717, 1.165) is 32.6 Å². The molecule has 7 heteroatoms. The maximum absolute atomic E-state index is 5.47. The molecular weight excluding hydrogens is 346 g/mol. The highest BCUT2D eigenvalue weighted by atomic mass is 79.9. The minimum atomic E-state index is 0.328. The fraction of sp³-hybridized carbons (Fsp3) is 0.500. The van der Waals surface area contributed by atoms with Crippen molar-refractivity contribution in [1.82, 2.24) is 15.5 Å². The van der Waals surface area contributed by atoms with E-state index in [2.05, 4.69) is 38.3 Å². The molecule has 1 aliphatic heterocycles. The lowest BCUT2D eigenvalue weighted by Crippen LogP contribution is -2.34. The van der Waals surface area contributed by atoms with Gasteiger partial charge in [-0.1, -0.05) is 12.1 Å². The molecular formula is C12H14BrN3OS2. The molecule has 1 aliphatic rings. The Labute approximate surface area is 128 Å². The number of hydrogen-bond donors (Lipinski definition) is 1. The summed E-state index contributed by atoms with van der Waals surface area (Å²) in [6.07, 6.45) is 0. The lowest BCUT2D eigenvalue weighted by molar-refractivity contribution is 0.341. The Kier molecular flexibility index (Phi) is 4.26. The first-order chi connectivity index (χ1) is 9.28. The zero-order valence-electron chi connectivity index (χ0n) is 10.4. The van der Waals surface area contributed by atoms with Gasteiger partial charge in [-0.25, -0.2) is 0 Å². The third-order valence-corrected chi connectivity index (χ3v) is 5.91. The Bertz CT molecular complexity index is 557. The van der Waals surface area contributed by atoms with E-state index in [1.807, 2.05) is 23.9 Å². The third kappa shape index (κ3) is 2.89. The Morgan fingerprint density at radius 1 is 1.47 bits per heavy atom. The Morgan fingerprint density at radius 3 is 3.11 bits per heavy atom. The topological polar surface area (TPSA) is 51.0 Å². The van der Waals surface area contributed by atoms with Crippen molar-refractivity contribution >= 4 is 39.0 Å². The second-order valence-electron chi connectivity index (χ2n) is 4.37. The van der Waals surface area contributed by atoms with E-state index in [-0.39, 0.29) is 0 Å². The number of thiophene rings is 1. The standard InChI is InChI=1S/C12H14BrN3OS2/c1-2-14-8-6-18-5-7(8)12-15-11(16-17-12)9-3-4-10(13)19-9/h3-4,7-8,14H,2,5-6H2,1H3. The molecule has 2 aromatic heterocycles.